The third kappa shape index (κ3) is 4.04. The monoisotopic (exact) mass is 393 g/mol. The summed E-state index contributed by atoms with van der Waals surface area (Å²) in [5, 5.41) is 11.0. The van der Waals surface area contributed by atoms with Gasteiger partial charge in [-0.25, -0.2) is 0 Å². The molecule has 154 valence electrons. The van der Waals surface area contributed by atoms with Crippen LogP contribution in [0, 0.1) is 11.8 Å². The zero-order valence-electron chi connectivity index (χ0n) is 17.6. The van der Waals surface area contributed by atoms with Crippen molar-refractivity contribution in [1.29, 1.82) is 0 Å². The zero-order valence-corrected chi connectivity index (χ0v) is 17.6. The molecule has 0 spiro atoms. The number of ether oxygens (including phenoxy) is 1. The molecule has 2 aliphatic rings. The quantitative estimate of drug-likeness (QED) is 0.779. The minimum absolute atomic E-state index is 0.309. The van der Waals surface area contributed by atoms with Crippen molar-refractivity contribution in [3.63, 3.8) is 0 Å². The first-order chi connectivity index (χ1) is 13.7. The molecule has 5 heteroatoms. The summed E-state index contributed by atoms with van der Waals surface area (Å²) in [7, 11) is 0. The van der Waals surface area contributed by atoms with Gasteiger partial charge in [0.1, 0.15) is 11.4 Å². The molecule has 0 N–H and O–H groups in total. The summed E-state index contributed by atoms with van der Waals surface area (Å²) in [6.45, 7) is 10.4. The largest absolute Gasteiger partial charge is 0.550 e. The summed E-state index contributed by atoms with van der Waals surface area (Å²) in [5.41, 5.74) is 4.19. The van der Waals surface area contributed by atoms with E-state index in [4.69, 9.17) is 4.74 Å². The molecule has 0 radical (unpaired) electrons. The van der Waals surface area contributed by atoms with E-state index in [2.05, 4.69) is 67.8 Å². The Balaban J connectivity index is 1.64. The molecule has 4 rings (SSSR count). The van der Waals surface area contributed by atoms with E-state index in [-0.39, 0.29) is 11.5 Å². The summed E-state index contributed by atoms with van der Waals surface area (Å²) < 4.78 is 6.32. The zero-order chi connectivity index (χ0) is 20.8. The van der Waals surface area contributed by atoms with E-state index in [1.807, 2.05) is 12.1 Å². The van der Waals surface area contributed by atoms with Crippen LogP contribution >= 0.6 is 0 Å². The van der Waals surface area contributed by atoms with E-state index in [0.29, 0.717) is 19.0 Å². The summed E-state index contributed by atoms with van der Waals surface area (Å²) in [6.07, 6.45) is 1.03. The van der Waals surface area contributed by atoms with Crippen molar-refractivity contribution in [2.45, 2.75) is 39.7 Å². The van der Waals surface area contributed by atoms with E-state index in [1.54, 1.807) is 0 Å². The summed E-state index contributed by atoms with van der Waals surface area (Å²) in [5.74, 6) is 0.184. The van der Waals surface area contributed by atoms with Crippen LogP contribution in [0.4, 0.5) is 17.1 Å². The number of hydrogen-bond acceptors (Lipinski definition) is 5. The van der Waals surface area contributed by atoms with E-state index in [9.17, 15) is 9.90 Å². The number of carbonyl (C=O) groups excluding carboxylic acids is 1. The fourth-order valence-corrected chi connectivity index (χ4v) is 4.18. The molecule has 0 unspecified atom stereocenters. The average molecular weight is 394 g/mol. The average Bonchev–Trinajstić information content (AvgIpc) is 2.58. The number of carboxylic acid groups (broad SMARTS) is 1. The Hall–Kier alpha value is -2.69. The Morgan fingerprint density at radius 2 is 1.90 bits per heavy atom. The molecular weight excluding hydrogens is 364 g/mol. The minimum Gasteiger partial charge on any atom is -0.550 e. The first-order valence-corrected chi connectivity index (χ1v) is 10.4. The summed E-state index contributed by atoms with van der Waals surface area (Å²) in [6, 6.07) is 14.8. The summed E-state index contributed by atoms with van der Waals surface area (Å²) in [4.78, 5) is 15.4. The van der Waals surface area contributed by atoms with Crippen LogP contribution in [0.5, 0.6) is 5.75 Å². The van der Waals surface area contributed by atoms with Gasteiger partial charge in [-0.1, -0.05) is 26.0 Å². The third-order valence-electron chi connectivity index (χ3n) is 5.61. The lowest BCUT2D eigenvalue weighted by Gasteiger charge is -2.43. The Labute approximate surface area is 172 Å². The number of nitrogens with zero attached hydrogens (tertiary/aromatic N) is 2. The van der Waals surface area contributed by atoms with Gasteiger partial charge in [-0.05, 0) is 62.1 Å². The molecule has 2 aliphatic heterocycles. The Morgan fingerprint density at radius 3 is 2.59 bits per heavy atom. The van der Waals surface area contributed by atoms with E-state index in [1.165, 1.54) is 5.56 Å². The molecule has 2 aromatic rings. The van der Waals surface area contributed by atoms with Crippen molar-refractivity contribution in [2.75, 3.05) is 29.4 Å². The van der Waals surface area contributed by atoms with E-state index in [0.717, 1.165) is 35.8 Å². The van der Waals surface area contributed by atoms with Gasteiger partial charge >= 0.3 is 0 Å². The van der Waals surface area contributed by atoms with Gasteiger partial charge in [0.05, 0.1) is 12.2 Å². The van der Waals surface area contributed by atoms with Gasteiger partial charge in [-0.15, -0.1) is 0 Å². The second kappa shape index (κ2) is 7.29. The third-order valence-corrected chi connectivity index (χ3v) is 5.61. The number of aliphatic carboxylic acids is 1. The first-order valence-electron chi connectivity index (χ1n) is 10.4. The van der Waals surface area contributed by atoms with Crippen molar-refractivity contribution < 1.29 is 14.6 Å². The Bertz CT molecular complexity index is 916. The van der Waals surface area contributed by atoms with Crippen LogP contribution in [0.25, 0.3) is 0 Å². The van der Waals surface area contributed by atoms with Gasteiger partial charge in [-0.2, -0.15) is 0 Å². The summed E-state index contributed by atoms with van der Waals surface area (Å²) >= 11 is 0. The molecule has 0 atom stereocenters. The molecule has 0 aromatic heterocycles. The molecule has 29 heavy (non-hydrogen) atoms. The lowest BCUT2D eigenvalue weighted by atomic mass is 9.98. The van der Waals surface area contributed by atoms with Gasteiger partial charge in [0, 0.05) is 36.4 Å². The van der Waals surface area contributed by atoms with Crippen LogP contribution < -0.4 is 19.6 Å². The number of anilines is 3. The van der Waals surface area contributed by atoms with Crippen molar-refractivity contribution in [1.82, 2.24) is 0 Å². The highest BCUT2D eigenvalue weighted by Crippen LogP contribution is 2.42. The number of benzene rings is 2. The molecule has 0 aliphatic carbocycles. The van der Waals surface area contributed by atoms with Crippen LogP contribution in [-0.4, -0.2) is 31.2 Å². The minimum atomic E-state index is -0.960. The predicted octanol–water partition coefficient (Wildman–Crippen LogP) is 3.38. The standard InChI is InChI=1S/C24H30N2O3/c1-16(2)10-17-8-9-21-22(11-17)29-24(3,4)15-26(21)20-7-5-6-19(12-20)25-13-18(14-25)23(27)28/h5-9,11-12,16,18H,10,13-15H2,1-4H3,(H,27,28)/p-1. The molecular formula is C24H29N2O3-. The molecule has 1 saturated heterocycles. The van der Waals surface area contributed by atoms with Gasteiger partial charge in [0.25, 0.3) is 0 Å². The molecule has 2 heterocycles. The maximum Gasteiger partial charge on any atom is 0.144 e. The van der Waals surface area contributed by atoms with Crippen LogP contribution in [-0.2, 0) is 11.2 Å². The molecule has 0 amide bonds. The van der Waals surface area contributed by atoms with Crippen molar-refractivity contribution >= 4 is 23.0 Å². The van der Waals surface area contributed by atoms with Crippen molar-refractivity contribution in [2.24, 2.45) is 11.8 Å². The molecule has 2 aromatic carbocycles. The Kier molecular flexibility index (Phi) is 4.93. The van der Waals surface area contributed by atoms with Gasteiger partial charge < -0.3 is 24.4 Å². The lowest BCUT2D eigenvalue weighted by Crippen LogP contribution is -2.54. The first kappa shape index (κ1) is 19.6. The highest BCUT2D eigenvalue weighted by Gasteiger charge is 2.33. The molecule has 1 fully saturated rings. The second-order valence-corrected chi connectivity index (χ2v) is 9.29. The number of fused-ring (bicyclic) bond motifs is 1. The van der Waals surface area contributed by atoms with Crippen molar-refractivity contribution in [3.8, 4) is 5.75 Å². The maximum atomic E-state index is 11.0. The predicted molar refractivity (Wildman–Crippen MR) is 114 cm³/mol. The second-order valence-electron chi connectivity index (χ2n) is 9.29. The SMILES string of the molecule is CC(C)Cc1ccc2c(c1)OC(C)(C)CN2c1cccc(N2CC(C(=O)[O-])C2)c1. The highest BCUT2D eigenvalue weighted by atomic mass is 16.5. The van der Waals surface area contributed by atoms with E-state index >= 15 is 0 Å². The van der Waals surface area contributed by atoms with Crippen LogP contribution in [0.2, 0.25) is 0 Å². The van der Waals surface area contributed by atoms with E-state index < -0.39 is 5.97 Å². The Morgan fingerprint density at radius 1 is 1.17 bits per heavy atom. The molecule has 5 nitrogen and oxygen atoms in total. The number of rotatable bonds is 5. The number of carbonyl (C=O) groups is 1. The topological polar surface area (TPSA) is 55.8 Å². The normalized spacial score (nSPS) is 18.2. The molecule has 0 saturated carbocycles. The van der Waals surface area contributed by atoms with Crippen LogP contribution in [0.3, 0.4) is 0 Å². The maximum absolute atomic E-state index is 11.0. The number of hydrogen-bond donors (Lipinski definition) is 0. The van der Waals surface area contributed by atoms with Gasteiger partial charge in [0.15, 0.2) is 0 Å². The number of carboxylic acids is 1. The van der Waals surface area contributed by atoms with Gasteiger partial charge in [0.2, 0.25) is 0 Å². The van der Waals surface area contributed by atoms with Gasteiger partial charge in [-0.3, -0.25) is 0 Å². The van der Waals surface area contributed by atoms with Crippen LogP contribution in [0.15, 0.2) is 42.5 Å². The fraction of sp³-hybridized carbons (Fsp3) is 0.458. The molecule has 0 bridgehead atoms. The lowest BCUT2D eigenvalue weighted by molar-refractivity contribution is -0.312. The smallest absolute Gasteiger partial charge is 0.144 e. The highest BCUT2D eigenvalue weighted by molar-refractivity contribution is 5.76. The van der Waals surface area contributed by atoms with Crippen LogP contribution in [0.1, 0.15) is 33.3 Å². The fourth-order valence-electron chi connectivity index (χ4n) is 4.18. The van der Waals surface area contributed by atoms with Crippen molar-refractivity contribution in [3.05, 3.63) is 48.0 Å².